The number of anilines is 1. The van der Waals surface area contributed by atoms with Crippen LogP contribution in [0.15, 0.2) is 83.0 Å². The molecule has 5 rings (SSSR count). The third kappa shape index (κ3) is 4.78. The Morgan fingerprint density at radius 3 is 2.27 bits per heavy atom. The molecule has 1 aliphatic heterocycles. The SMILES string of the molecule is CCOc1ccc(C2NC(=O)N(c3ccc(OC)cc3)C(C)=C2c2nc(-c3ccc(C)cc3)no2)cc1. The van der Waals surface area contributed by atoms with E-state index in [0.29, 0.717) is 41.0 Å². The zero-order valence-corrected chi connectivity index (χ0v) is 21.2. The lowest BCUT2D eigenvalue weighted by molar-refractivity contribution is 0.244. The van der Waals surface area contributed by atoms with Gasteiger partial charge in [-0.15, -0.1) is 0 Å². The summed E-state index contributed by atoms with van der Waals surface area (Å²) in [5, 5.41) is 7.37. The standard InChI is InChI=1S/C29H28N4O4/c1-5-36-24-14-10-20(11-15-24)26-25(28-31-27(32-37-28)21-8-6-18(2)7-9-21)19(3)33(29(34)30-26)22-12-16-23(35-4)17-13-22/h6-17,26H,5H2,1-4H3,(H,30,34). The Bertz CT molecular complexity index is 1420. The molecule has 0 radical (unpaired) electrons. The third-order valence-electron chi connectivity index (χ3n) is 6.31. The molecule has 2 heterocycles. The maximum Gasteiger partial charge on any atom is 0.326 e. The molecule has 8 nitrogen and oxygen atoms in total. The highest BCUT2D eigenvalue weighted by molar-refractivity contribution is 6.01. The number of hydrogen-bond acceptors (Lipinski definition) is 6. The lowest BCUT2D eigenvalue weighted by atomic mass is 9.94. The molecule has 37 heavy (non-hydrogen) atoms. The molecule has 1 aliphatic rings. The Morgan fingerprint density at radius 1 is 0.946 bits per heavy atom. The summed E-state index contributed by atoms with van der Waals surface area (Å²) in [4.78, 5) is 19.7. The van der Waals surface area contributed by atoms with Crippen molar-refractivity contribution >= 4 is 17.3 Å². The molecule has 1 atom stereocenters. The predicted molar refractivity (Wildman–Crippen MR) is 141 cm³/mol. The van der Waals surface area contributed by atoms with Gasteiger partial charge in [-0.1, -0.05) is 47.1 Å². The van der Waals surface area contributed by atoms with Crippen LogP contribution in [0.1, 0.15) is 36.9 Å². The van der Waals surface area contributed by atoms with Gasteiger partial charge in [-0.25, -0.2) is 4.79 Å². The molecular weight excluding hydrogens is 468 g/mol. The number of nitrogens with zero attached hydrogens (tertiary/aromatic N) is 3. The number of urea groups is 1. The highest BCUT2D eigenvalue weighted by Gasteiger charge is 2.36. The molecule has 2 amide bonds. The highest BCUT2D eigenvalue weighted by atomic mass is 16.5. The fourth-order valence-corrected chi connectivity index (χ4v) is 4.39. The van der Waals surface area contributed by atoms with Crippen molar-refractivity contribution in [2.45, 2.75) is 26.8 Å². The maximum absolute atomic E-state index is 13.4. The van der Waals surface area contributed by atoms with E-state index in [4.69, 9.17) is 19.0 Å². The Morgan fingerprint density at radius 2 is 1.62 bits per heavy atom. The summed E-state index contributed by atoms with van der Waals surface area (Å²) < 4.78 is 16.7. The molecule has 8 heteroatoms. The first-order valence-corrected chi connectivity index (χ1v) is 12.1. The summed E-state index contributed by atoms with van der Waals surface area (Å²) in [6, 6.07) is 22.1. The van der Waals surface area contributed by atoms with Crippen molar-refractivity contribution in [1.29, 1.82) is 0 Å². The topological polar surface area (TPSA) is 89.7 Å². The molecule has 0 fully saturated rings. The highest BCUT2D eigenvalue weighted by Crippen LogP contribution is 2.39. The van der Waals surface area contributed by atoms with Gasteiger partial charge in [-0.2, -0.15) is 4.98 Å². The lowest BCUT2D eigenvalue weighted by Gasteiger charge is -2.35. The van der Waals surface area contributed by atoms with Gasteiger partial charge < -0.3 is 19.3 Å². The van der Waals surface area contributed by atoms with Crippen LogP contribution in [0.5, 0.6) is 11.5 Å². The second-order valence-electron chi connectivity index (χ2n) is 8.71. The molecule has 3 aromatic carbocycles. The van der Waals surface area contributed by atoms with E-state index in [0.717, 1.165) is 22.4 Å². The molecule has 0 spiro atoms. The number of aromatic nitrogens is 2. The molecule has 0 aliphatic carbocycles. The van der Waals surface area contributed by atoms with Crippen LogP contribution in [0, 0.1) is 6.92 Å². The number of carbonyl (C=O) groups excluding carboxylic acids is 1. The first-order chi connectivity index (χ1) is 18.0. The van der Waals surface area contributed by atoms with Crippen LogP contribution in [0.4, 0.5) is 10.5 Å². The lowest BCUT2D eigenvalue weighted by Crippen LogP contribution is -2.46. The smallest absolute Gasteiger partial charge is 0.326 e. The molecule has 1 unspecified atom stereocenters. The predicted octanol–water partition coefficient (Wildman–Crippen LogP) is 6.15. The second kappa shape index (κ2) is 10.2. The molecule has 188 valence electrons. The van der Waals surface area contributed by atoms with Crippen molar-refractivity contribution in [3.05, 3.63) is 95.5 Å². The third-order valence-corrected chi connectivity index (χ3v) is 6.31. The minimum Gasteiger partial charge on any atom is -0.497 e. The van der Waals surface area contributed by atoms with Crippen LogP contribution in [-0.2, 0) is 0 Å². The van der Waals surface area contributed by atoms with Gasteiger partial charge in [0.1, 0.15) is 11.5 Å². The Balaban J connectivity index is 1.61. The van der Waals surface area contributed by atoms with Gasteiger partial charge in [0.2, 0.25) is 5.82 Å². The minimum atomic E-state index is -0.496. The van der Waals surface area contributed by atoms with E-state index < -0.39 is 6.04 Å². The van der Waals surface area contributed by atoms with E-state index in [1.807, 2.05) is 93.6 Å². The van der Waals surface area contributed by atoms with Gasteiger partial charge in [0.05, 0.1) is 31.0 Å². The molecule has 4 aromatic rings. The van der Waals surface area contributed by atoms with E-state index in [2.05, 4.69) is 10.5 Å². The van der Waals surface area contributed by atoms with Crippen LogP contribution in [0.25, 0.3) is 17.0 Å². The number of hydrogen-bond donors (Lipinski definition) is 1. The van der Waals surface area contributed by atoms with Crippen LogP contribution in [-0.4, -0.2) is 29.9 Å². The number of nitrogens with one attached hydrogen (secondary N) is 1. The molecular formula is C29H28N4O4. The number of ether oxygens (including phenoxy) is 2. The molecule has 0 bridgehead atoms. The molecule has 0 saturated heterocycles. The molecule has 0 saturated carbocycles. The average Bonchev–Trinajstić information content (AvgIpc) is 3.39. The number of benzene rings is 3. The van der Waals surface area contributed by atoms with Gasteiger partial charge in [0.25, 0.3) is 5.89 Å². The number of allylic oxidation sites excluding steroid dienone is 1. The molecule has 1 aromatic heterocycles. The normalized spacial score (nSPS) is 15.5. The van der Waals surface area contributed by atoms with Crippen molar-refractivity contribution in [3.8, 4) is 22.9 Å². The zero-order valence-electron chi connectivity index (χ0n) is 21.2. The Kier molecular flexibility index (Phi) is 6.64. The van der Waals surface area contributed by atoms with Crippen LogP contribution >= 0.6 is 0 Å². The Hall–Kier alpha value is -4.59. The molecule has 1 N–H and O–H groups in total. The summed E-state index contributed by atoms with van der Waals surface area (Å²) in [6.45, 7) is 6.42. The van der Waals surface area contributed by atoms with Gasteiger partial charge in [0, 0.05) is 11.3 Å². The van der Waals surface area contributed by atoms with Crippen molar-refractivity contribution < 1.29 is 18.8 Å². The van der Waals surface area contributed by atoms with E-state index >= 15 is 0 Å². The summed E-state index contributed by atoms with van der Waals surface area (Å²) in [6.07, 6.45) is 0. The van der Waals surface area contributed by atoms with E-state index in [1.165, 1.54) is 0 Å². The summed E-state index contributed by atoms with van der Waals surface area (Å²) in [7, 11) is 1.61. The van der Waals surface area contributed by atoms with Gasteiger partial charge in [-0.3, -0.25) is 4.90 Å². The van der Waals surface area contributed by atoms with Crippen molar-refractivity contribution in [2.24, 2.45) is 0 Å². The van der Waals surface area contributed by atoms with Gasteiger partial charge >= 0.3 is 6.03 Å². The van der Waals surface area contributed by atoms with Crippen molar-refractivity contribution in [2.75, 3.05) is 18.6 Å². The minimum absolute atomic E-state index is 0.261. The van der Waals surface area contributed by atoms with Crippen molar-refractivity contribution in [3.63, 3.8) is 0 Å². The monoisotopic (exact) mass is 496 g/mol. The van der Waals surface area contributed by atoms with Crippen LogP contribution in [0.3, 0.4) is 0 Å². The summed E-state index contributed by atoms with van der Waals surface area (Å²) in [5.74, 6) is 2.28. The summed E-state index contributed by atoms with van der Waals surface area (Å²) in [5.41, 5.74) is 4.96. The second-order valence-corrected chi connectivity index (χ2v) is 8.71. The number of amides is 2. The van der Waals surface area contributed by atoms with Crippen LogP contribution in [0.2, 0.25) is 0 Å². The maximum atomic E-state index is 13.4. The number of methoxy groups -OCH3 is 1. The summed E-state index contributed by atoms with van der Waals surface area (Å²) >= 11 is 0. The fraction of sp³-hybridized carbons (Fsp3) is 0.207. The van der Waals surface area contributed by atoms with Crippen LogP contribution < -0.4 is 19.7 Å². The first-order valence-electron chi connectivity index (χ1n) is 12.1. The number of rotatable bonds is 7. The van der Waals surface area contributed by atoms with E-state index in [1.54, 1.807) is 12.0 Å². The average molecular weight is 497 g/mol. The quantitative estimate of drug-likeness (QED) is 0.330. The zero-order chi connectivity index (χ0) is 25.9. The van der Waals surface area contributed by atoms with Crippen molar-refractivity contribution in [1.82, 2.24) is 15.5 Å². The fourth-order valence-electron chi connectivity index (χ4n) is 4.39. The largest absolute Gasteiger partial charge is 0.497 e. The first kappa shape index (κ1) is 24.1. The van der Waals surface area contributed by atoms with E-state index in [9.17, 15) is 4.79 Å². The van der Waals surface area contributed by atoms with E-state index in [-0.39, 0.29) is 6.03 Å². The number of aryl methyl sites for hydroxylation is 1. The van der Waals surface area contributed by atoms with Gasteiger partial charge in [0.15, 0.2) is 0 Å². The van der Waals surface area contributed by atoms with Gasteiger partial charge in [-0.05, 0) is 62.7 Å². The number of carbonyl (C=O) groups is 1. The Labute approximate surface area is 215 Å².